The summed E-state index contributed by atoms with van der Waals surface area (Å²) < 4.78 is 0. The van der Waals surface area contributed by atoms with Crippen LogP contribution in [0.2, 0.25) is 0 Å². The number of hydrogen-bond acceptors (Lipinski definition) is 7. The van der Waals surface area contributed by atoms with Crippen molar-refractivity contribution in [3.63, 3.8) is 0 Å². The van der Waals surface area contributed by atoms with Crippen LogP contribution in [0.25, 0.3) is 21.8 Å². The molecule has 4 atom stereocenters. The first-order valence-corrected chi connectivity index (χ1v) is 15.7. The number of nitrogens with zero attached hydrogens (tertiary/aromatic N) is 1. The molecule has 2 heterocycles. The molecule has 0 fully saturated rings. The van der Waals surface area contributed by atoms with Crippen LogP contribution >= 0.6 is 0 Å². The molecule has 0 saturated heterocycles. The van der Waals surface area contributed by atoms with E-state index >= 15 is 0 Å². The first-order chi connectivity index (χ1) is 23.4. The van der Waals surface area contributed by atoms with Crippen molar-refractivity contribution in [1.82, 2.24) is 25.9 Å². The predicted molar refractivity (Wildman–Crippen MR) is 182 cm³/mol. The SMILES string of the molecule is NC(N)=NCCCC(NC(=O)C(Cc1c[nH]c2ccccc12)NC(=O)C(CCC(=O)O)NC(=O)C(N)Cc1c[nH]c2ccccc12)C(=O)O. The summed E-state index contributed by atoms with van der Waals surface area (Å²) in [5.41, 5.74) is 20.0. The van der Waals surface area contributed by atoms with Crippen molar-refractivity contribution in [2.75, 3.05) is 6.54 Å². The van der Waals surface area contributed by atoms with Gasteiger partial charge in [0.15, 0.2) is 5.96 Å². The van der Waals surface area contributed by atoms with Gasteiger partial charge in [-0.25, -0.2) is 4.79 Å². The van der Waals surface area contributed by atoms with Crippen molar-refractivity contribution in [3.05, 3.63) is 72.1 Å². The summed E-state index contributed by atoms with van der Waals surface area (Å²) in [7, 11) is 0. The van der Waals surface area contributed by atoms with Gasteiger partial charge in [0, 0.05) is 53.6 Å². The molecule has 13 N–H and O–H groups in total. The first-order valence-electron chi connectivity index (χ1n) is 15.7. The average Bonchev–Trinajstić information content (AvgIpc) is 3.67. The highest BCUT2D eigenvalue weighted by Crippen LogP contribution is 2.20. The van der Waals surface area contributed by atoms with Crippen LogP contribution in [-0.2, 0) is 36.8 Å². The second-order valence-corrected chi connectivity index (χ2v) is 11.6. The molecule has 0 bridgehead atoms. The second kappa shape index (κ2) is 16.8. The maximum Gasteiger partial charge on any atom is 0.326 e. The van der Waals surface area contributed by atoms with Crippen molar-refractivity contribution in [2.45, 2.75) is 62.7 Å². The number of amides is 3. The summed E-state index contributed by atoms with van der Waals surface area (Å²) in [5.74, 6) is -4.99. The van der Waals surface area contributed by atoms with E-state index < -0.39 is 60.2 Å². The third kappa shape index (κ3) is 10.0. The third-order valence-corrected chi connectivity index (χ3v) is 8.02. The Morgan fingerprint density at radius 2 is 1.24 bits per heavy atom. The maximum absolute atomic E-state index is 13.7. The molecule has 0 saturated carbocycles. The van der Waals surface area contributed by atoms with Gasteiger partial charge in [0.05, 0.1) is 6.04 Å². The standard InChI is InChI=1S/C33H41N9O7/c34-22(14-18-16-38-23-8-3-1-6-20(18)23)29(45)40-25(11-12-28(43)44)30(46)42-27(15-19-17-39-24-9-4-2-7-21(19)24)31(47)41-26(32(48)49)10-5-13-37-33(35)36/h1-4,6-9,16-17,22,25-27,38-39H,5,10-15,34H2,(H,40,45)(H,41,47)(H,42,46)(H,43,44)(H,48,49)(H4,35,36,37). The summed E-state index contributed by atoms with van der Waals surface area (Å²) in [6, 6.07) is 9.69. The topological polar surface area (TPSA) is 284 Å². The Morgan fingerprint density at radius 1 is 0.714 bits per heavy atom. The van der Waals surface area contributed by atoms with Gasteiger partial charge in [-0.15, -0.1) is 0 Å². The number of aliphatic imine (C=N–C) groups is 1. The molecule has 0 radical (unpaired) electrons. The van der Waals surface area contributed by atoms with E-state index in [1.54, 1.807) is 18.5 Å². The number of hydrogen-bond donors (Lipinski definition) is 10. The van der Waals surface area contributed by atoms with Crippen molar-refractivity contribution in [1.29, 1.82) is 0 Å². The number of aliphatic carboxylic acids is 2. The number of H-pyrrole nitrogens is 2. The molecule has 16 nitrogen and oxygen atoms in total. The lowest BCUT2D eigenvalue weighted by Crippen LogP contribution is -2.57. The summed E-state index contributed by atoms with van der Waals surface area (Å²) in [5, 5.41) is 28.5. The minimum absolute atomic E-state index is 0.00276. The summed E-state index contributed by atoms with van der Waals surface area (Å²) >= 11 is 0. The highest BCUT2D eigenvalue weighted by atomic mass is 16.4. The van der Waals surface area contributed by atoms with Crippen molar-refractivity contribution in [2.24, 2.45) is 22.2 Å². The zero-order valence-electron chi connectivity index (χ0n) is 26.6. The van der Waals surface area contributed by atoms with Crippen LogP contribution in [0.5, 0.6) is 0 Å². The maximum atomic E-state index is 13.7. The molecule has 0 spiro atoms. The van der Waals surface area contributed by atoms with Gasteiger partial charge in [0.2, 0.25) is 17.7 Å². The largest absolute Gasteiger partial charge is 0.481 e. The lowest BCUT2D eigenvalue weighted by Gasteiger charge is -2.25. The highest BCUT2D eigenvalue weighted by molar-refractivity contribution is 5.95. The van der Waals surface area contributed by atoms with Gasteiger partial charge in [-0.05, 0) is 48.9 Å². The number of para-hydroxylation sites is 2. The number of carboxylic acids is 2. The van der Waals surface area contributed by atoms with Crippen LogP contribution in [0.15, 0.2) is 65.9 Å². The Balaban J connectivity index is 1.53. The quantitative estimate of drug-likeness (QED) is 0.0389. The monoisotopic (exact) mass is 675 g/mol. The number of fused-ring (bicyclic) bond motifs is 2. The van der Waals surface area contributed by atoms with Gasteiger partial charge in [-0.1, -0.05) is 36.4 Å². The first kappa shape index (κ1) is 35.9. The highest BCUT2D eigenvalue weighted by Gasteiger charge is 2.31. The second-order valence-electron chi connectivity index (χ2n) is 11.6. The van der Waals surface area contributed by atoms with Gasteiger partial charge in [0.25, 0.3) is 0 Å². The Kier molecular flexibility index (Phi) is 12.3. The van der Waals surface area contributed by atoms with Crippen LogP contribution in [-0.4, -0.2) is 86.5 Å². The van der Waals surface area contributed by atoms with E-state index in [-0.39, 0.29) is 44.6 Å². The molecule has 2 aromatic heterocycles. The predicted octanol–water partition coefficient (Wildman–Crippen LogP) is 0.219. The summed E-state index contributed by atoms with van der Waals surface area (Å²) in [6.07, 6.45) is 2.98. The summed E-state index contributed by atoms with van der Waals surface area (Å²) in [4.78, 5) is 74.1. The molecule has 4 aromatic rings. The van der Waals surface area contributed by atoms with Gasteiger partial charge in [-0.2, -0.15) is 0 Å². The molecular formula is C33H41N9O7. The van der Waals surface area contributed by atoms with E-state index in [9.17, 15) is 34.2 Å². The van der Waals surface area contributed by atoms with Crippen molar-refractivity contribution in [3.8, 4) is 0 Å². The number of benzene rings is 2. The number of carbonyl (C=O) groups is 5. The molecule has 16 heteroatoms. The zero-order valence-corrected chi connectivity index (χ0v) is 26.6. The fraction of sp³-hybridized carbons (Fsp3) is 0.333. The molecule has 0 aliphatic heterocycles. The summed E-state index contributed by atoms with van der Waals surface area (Å²) in [6.45, 7) is 0.144. The molecule has 4 rings (SSSR count). The number of carbonyl (C=O) groups excluding carboxylic acids is 3. The molecule has 4 unspecified atom stereocenters. The number of rotatable bonds is 18. The van der Waals surface area contributed by atoms with E-state index in [4.69, 9.17) is 17.2 Å². The van der Waals surface area contributed by atoms with Crippen molar-refractivity contribution >= 4 is 57.4 Å². The van der Waals surface area contributed by atoms with Gasteiger partial charge >= 0.3 is 11.9 Å². The van der Waals surface area contributed by atoms with Crippen LogP contribution < -0.4 is 33.2 Å². The smallest absolute Gasteiger partial charge is 0.326 e. The average molecular weight is 676 g/mol. The van der Waals surface area contributed by atoms with Crippen LogP contribution in [0.4, 0.5) is 0 Å². The van der Waals surface area contributed by atoms with Gasteiger partial charge in [0.1, 0.15) is 18.1 Å². The molecular weight excluding hydrogens is 634 g/mol. The minimum Gasteiger partial charge on any atom is -0.481 e. The molecule has 3 amide bonds. The fourth-order valence-electron chi connectivity index (χ4n) is 5.48. The molecule has 0 aliphatic rings. The zero-order chi connectivity index (χ0) is 35.5. The van der Waals surface area contributed by atoms with E-state index in [0.717, 1.165) is 27.4 Å². The number of guanidine groups is 1. The lowest BCUT2D eigenvalue weighted by atomic mass is 10.0. The molecule has 2 aromatic carbocycles. The van der Waals surface area contributed by atoms with E-state index in [1.165, 1.54) is 0 Å². The number of carboxylic acid groups (broad SMARTS) is 2. The molecule has 260 valence electrons. The van der Waals surface area contributed by atoms with Gasteiger partial charge < -0.3 is 53.3 Å². The lowest BCUT2D eigenvalue weighted by molar-refractivity contribution is -0.142. The number of aromatic amines is 2. The minimum atomic E-state index is -1.37. The van der Waals surface area contributed by atoms with Crippen LogP contribution in [0, 0.1) is 0 Å². The normalized spacial score (nSPS) is 13.6. The van der Waals surface area contributed by atoms with E-state index in [2.05, 4.69) is 30.9 Å². The van der Waals surface area contributed by atoms with E-state index in [1.807, 2.05) is 42.5 Å². The Labute approximate surface area is 280 Å². The number of nitrogens with one attached hydrogen (secondary N) is 5. The van der Waals surface area contributed by atoms with Crippen LogP contribution in [0.1, 0.15) is 36.8 Å². The molecule has 0 aliphatic carbocycles. The Morgan fingerprint density at radius 3 is 1.82 bits per heavy atom. The third-order valence-electron chi connectivity index (χ3n) is 8.02. The Hall–Kier alpha value is -5.90. The van der Waals surface area contributed by atoms with E-state index in [0.29, 0.717) is 5.56 Å². The van der Waals surface area contributed by atoms with Crippen LogP contribution in [0.3, 0.4) is 0 Å². The Bertz CT molecular complexity index is 1830. The van der Waals surface area contributed by atoms with Gasteiger partial charge in [-0.3, -0.25) is 24.2 Å². The molecule has 49 heavy (non-hydrogen) atoms. The number of nitrogens with two attached hydrogens (primary N) is 3. The number of aromatic nitrogens is 2. The van der Waals surface area contributed by atoms with Crippen molar-refractivity contribution < 1.29 is 34.2 Å². The fourth-order valence-corrected chi connectivity index (χ4v) is 5.48.